The van der Waals surface area contributed by atoms with Crippen molar-refractivity contribution < 1.29 is 9.59 Å². The van der Waals surface area contributed by atoms with E-state index in [0.717, 1.165) is 45.9 Å². The lowest BCUT2D eigenvalue weighted by Crippen LogP contribution is -2.35. The molecule has 2 heterocycles. The number of amides is 1. The summed E-state index contributed by atoms with van der Waals surface area (Å²) in [6, 6.07) is 11.7. The molecule has 0 saturated carbocycles. The van der Waals surface area contributed by atoms with Gasteiger partial charge < -0.3 is 10.6 Å². The normalized spacial score (nSPS) is 19.6. The van der Waals surface area contributed by atoms with Crippen LogP contribution in [0.5, 0.6) is 0 Å². The van der Waals surface area contributed by atoms with Crippen molar-refractivity contribution >= 4 is 28.7 Å². The van der Waals surface area contributed by atoms with Crippen molar-refractivity contribution in [3.05, 3.63) is 74.8 Å². The monoisotopic (exact) mass is 378 g/mol. The van der Waals surface area contributed by atoms with Crippen LogP contribution in [0.1, 0.15) is 42.5 Å². The van der Waals surface area contributed by atoms with Crippen molar-refractivity contribution in [1.82, 2.24) is 5.32 Å². The van der Waals surface area contributed by atoms with Crippen LogP contribution in [0.2, 0.25) is 0 Å². The predicted octanol–water partition coefficient (Wildman–Crippen LogP) is 4.66. The number of nitrogens with one attached hydrogen (secondary N) is 2. The minimum atomic E-state index is -0.293. The summed E-state index contributed by atoms with van der Waals surface area (Å²) in [7, 11) is 0. The van der Waals surface area contributed by atoms with Crippen LogP contribution in [0.25, 0.3) is 0 Å². The van der Waals surface area contributed by atoms with E-state index in [1.165, 1.54) is 0 Å². The highest BCUT2D eigenvalue weighted by Gasteiger charge is 2.38. The summed E-state index contributed by atoms with van der Waals surface area (Å²) in [5, 5.41) is 8.40. The topological polar surface area (TPSA) is 58.2 Å². The van der Waals surface area contributed by atoms with Crippen LogP contribution < -0.4 is 10.6 Å². The molecule has 2 aliphatic rings. The second-order valence-corrected chi connectivity index (χ2v) is 8.03. The number of dihydropyridines is 1. The predicted molar refractivity (Wildman–Crippen MR) is 109 cm³/mol. The Balaban J connectivity index is 1.77. The van der Waals surface area contributed by atoms with Crippen molar-refractivity contribution in [2.45, 2.75) is 39.0 Å². The van der Waals surface area contributed by atoms with E-state index in [1.54, 1.807) is 11.3 Å². The fourth-order valence-electron chi connectivity index (χ4n) is 3.93. The molecule has 4 nitrogen and oxygen atoms in total. The Morgan fingerprint density at radius 3 is 2.70 bits per heavy atom. The summed E-state index contributed by atoms with van der Waals surface area (Å²) >= 11 is 1.59. The minimum Gasteiger partial charge on any atom is -0.362 e. The molecule has 1 aliphatic carbocycles. The van der Waals surface area contributed by atoms with Crippen molar-refractivity contribution in [3.8, 4) is 0 Å². The summed E-state index contributed by atoms with van der Waals surface area (Å²) < 4.78 is 0. The Labute approximate surface area is 163 Å². The molecule has 27 heavy (non-hydrogen) atoms. The Bertz CT molecular complexity index is 970. The van der Waals surface area contributed by atoms with E-state index in [-0.39, 0.29) is 17.6 Å². The number of anilines is 1. The van der Waals surface area contributed by atoms with Crippen LogP contribution in [0, 0.1) is 6.92 Å². The Kier molecular flexibility index (Phi) is 4.70. The van der Waals surface area contributed by atoms with E-state index in [4.69, 9.17) is 0 Å². The maximum atomic E-state index is 13.3. The molecule has 2 aromatic rings. The first-order valence-electron chi connectivity index (χ1n) is 9.20. The number of para-hydroxylation sites is 1. The zero-order chi connectivity index (χ0) is 19.0. The average molecular weight is 378 g/mol. The third-order valence-electron chi connectivity index (χ3n) is 5.24. The van der Waals surface area contributed by atoms with Crippen LogP contribution in [0.4, 0.5) is 5.69 Å². The van der Waals surface area contributed by atoms with E-state index in [9.17, 15) is 9.59 Å². The van der Waals surface area contributed by atoms with Crippen LogP contribution in [-0.2, 0) is 9.59 Å². The molecule has 5 heteroatoms. The largest absolute Gasteiger partial charge is 0.362 e. The van der Waals surface area contributed by atoms with E-state index in [1.807, 2.05) is 55.6 Å². The molecule has 0 radical (unpaired) electrons. The van der Waals surface area contributed by atoms with Gasteiger partial charge in [0.2, 0.25) is 0 Å². The van der Waals surface area contributed by atoms with Gasteiger partial charge in [-0.15, -0.1) is 11.3 Å². The lowest BCUT2D eigenvalue weighted by atomic mass is 9.77. The Hall–Kier alpha value is -2.66. The molecule has 1 aromatic carbocycles. The van der Waals surface area contributed by atoms with Gasteiger partial charge in [0.15, 0.2) is 5.78 Å². The molecule has 1 aromatic heterocycles. The molecule has 138 valence electrons. The van der Waals surface area contributed by atoms with E-state index < -0.39 is 0 Å². The van der Waals surface area contributed by atoms with Gasteiger partial charge in [0.05, 0.1) is 5.92 Å². The second-order valence-electron chi connectivity index (χ2n) is 7.05. The number of aryl methyl sites for hydroxylation is 1. The first kappa shape index (κ1) is 17.7. The fourth-order valence-corrected chi connectivity index (χ4v) is 4.77. The highest BCUT2D eigenvalue weighted by molar-refractivity contribution is 7.10. The first-order valence-corrected chi connectivity index (χ1v) is 10.1. The Morgan fingerprint density at radius 1 is 1.15 bits per heavy atom. The quantitative estimate of drug-likeness (QED) is 0.816. The third-order valence-corrected chi connectivity index (χ3v) is 6.18. The summed E-state index contributed by atoms with van der Waals surface area (Å²) in [5.74, 6) is -0.300. The van der Waals surface area contributed by atoms with Gasteiger partial charge in [-0.25, -0.2) is 0 Å². The van der Waals surface area contributed by atoms with Crippen molar-refractivity contribution in [2.24, 2.45) is 0 Å². The molecule has 1 unspecified atom stereocenters. The number of hydrogen-bond donors (Lipinski definition) is 2. The minimum absolute atomic E-state index is 0.149. The number of hydrogen-bond acceptors (Lipinski definition) is 4. The molecule has 0 fully saturated rings. The van der Waals surface area contributed by atoms with E-state index in [2.05, 4.69) is 10.6 Å². The Morgan fingerprint density at radius 2 is 1.96 bits per heavy atom. The molecule has 2 N–H and O–H groups in total. The van der Waals surface area contributed by atoms with E-state index >= 15 is 0 Å². The van der Waals surface area contributed by atoms with Crippen LogP contribution in [0.15, 0.2) is 64.3 Å². The van der Waals surface area contributed by atoms with Gasteiger partial charge in [0.25, 0.3) is 5.91 Å². The van der Waals surface area contributed by atoms with Crippen molar-refractivity contribution in [2.75, 3.05) is 5.32 Å². The number of Topliss-reactive ketones (excluding diaryl/α,β-unsaturated/α-hetero) is 1. The van der Waals surface area contributed by atoms with Gasteiger partial charge in [-0.05, 0) is 49.8 Å². The van der Waals surface area contributed by atoms with Gasteiger partial charge >= 0.3 is 0 Å². The van der Waals surface area contributed by atoms with Crippen LogP contribution >= 0.6 is 11.3 Å². The fraction of sp³-hybridized carbons (Fsp3) is 0.273. The molecular weight excluding hydrogens is 356 g/mol. The molecule has 4 rings (SSSR count). The van der Waals surface area contributed by atoms with Crippen LogP contribution in [-0.4, -0.2) is 11.7 Å². The molecule has 0 saturated heterocycles. The summed E-state index contributed by atoms with van der Waals surface area (Å²) in [5.41, 5.74) is 5.01. The maximum Gasteiger partial charge on any atom is 0.254 e. The highest BCUT2D eigenvalue weighted by Crippen LogP contribution is 2.43. The first-order chi connectivity index (χ1) is 13.1. The smallest absolute Gasteiger partial charge is 0.254 e. The number of rotatable bonds is 3. The molecule has 1 amide bonds. The molecule has 0 bridgehead atoms. The number of thiophene rings is 1. The number of allylic oxidation sites excluding steroid dienone is 3. The summed E-state index contributed by atoms with van der Waals surface area (Å²) in [4.78, 5) is 27.1. The summed E-state index contributed by atoms with van der Waals surface area (Å²) in [6.45, 7) is 3.90. The molecule has 1 atom stereocenters. The molecule has 1 aliphatic heterocycles. The van der Waals surface area contributed by atoms with Crippen molar-refractivity contribution in [1.29, 1.82) is 0 Å². The number of carbonyl (C=O) groups is 2. The third kappa shape index (κ3) is 3.23. The van der Waals surface area contributed by atoms with Gasteiger partial charge in [0.1, 0.15) is 0 Å². The highest BCUT2D eigenvalue weighted by atomic mass is 32.1. The molecular formula is C22H22N2O2S. The van der Waals surface area contributed by atoms with E-state index in [0.29, 0.717) is 12.0 Å². The van der Waals surface area contributed by atoms with Gasteiger partial charge in [0, 0.05) is 39.5 Å². The lowest BCUT2D eigenvalue weighted by molar-refractivity contribution is -0.116. The van der Waals surface area contributed by atoms with Gasteiger partial charge in [-0.1, -0.05) is 24.3 Å². The number of benzene rings is 1. The lowest BCUT2D eigenvalue weighted by Gasteiger charge is -2.34. The average Bonchev–Trinajstić information content (AvgIpc) is 3.17. The zero-order valence-corrected chi connectivity index (χ0v) is 16.3. The molecule has 0 spiro atoms. The summed E-state index contributed by atoms with van der Waals surface area (Å²) in [6.07, 6.45) is 2.26. The second kappa shape index (κ2) is 7.16. The van der Waals surface area contributed by atoms with Crippen molar-refractivity contribution in [3.63, 3.8) is 0 Å². The van der Waals surface area contributed by atoms with Gasteiger partial charge in [-0.3, -0.25) is 9.59 Å². The SMILES string of the molecule is CC1=C(C(=O)Nc2ccccc2C)C(c2cccs2)C2=C(CCCC2=O)N1. The standard InChI is InChI=1S/C22H22N2O2S/c1-13-7-3-4-8-15(13)24-22(26)19-14(2)23-16-9-5-10-17(25)20(16)21(19)18-11-6-12-27-18/h3-4,6-8,11-12,21,23H,5,9-10H2,1-2H3,(H,24,26). The zero-order valence-electron chi connectivity index (χ0n) is 15.5. The number of carbonyl (C=O) groups excluding carboxylic acids is 2. The number of ketones is 1. The maximum absolute atomic E-state index is 13.3. The van der Waals surface area contributed by atoms with Crippen LogP contribution in [0.3, 0.4) is 0 Å². The van der Waals surface area contributed by atoms with Gasteiger partial charge in [-0.2, -0.15) is 0 Å².